The third kappa shape index (κ3) is 4.48. The van der Waals surface area contributed by atoms with Crippen LogP contribution in [0.25, 0.3) is 11.2 Å². The quantitative estimate of drug-likeness (QED) is 0.412. The van der Waals surface area contributed by atoms with Crippen LogP contribution in [0.15, 0.2) is 46.0 Å². The first-order chi connectivity index (χ1) is 16.7. The number of aromatic nitrogens is 4. The molecule has 0 bridgehead atoms. The van der Waals surface area contributed by atoms with Crippen LogP contribution in [0.2, 0.25) is 0 Å². The second-order valence-electron chi connectivity index (χ2n) is 8.00. The summed E-state index contributed by atoms with van der Waals surface area (Å²) in [5, 5.41) is 3.14. The molecule has 0 fully saturated rings. The van der Waals surface area contributed by atoms with Gasteiger partial charge in [-0.15, -0.1) is 0 Å². The molecule has 9 nitrogen and oxygen atoms in total. The van der Waals surface area contributed by atoms with Gasteiger partial charge in [0.1, 0.15) is 23.1 Å². The van der Waals surface area contributed by atoms with Crippen LogP contribution in [0, 0.1) is 11.6 Å². The number of methoxy groups -OCH3 is 2. The van der Waals surface area contributed by atoms with Crippen molar-refractivity contribution in [1.82, 2.24) is 18.7 Å². The third-order valence-corrected chi connectivity index (χ3v) is 5.83. The molecule has 4 rings (SSSR count). The number of hydrogen-bond donors (Lipinski definition) is 1. The number of anilines is 1. The summed E-state index contributed by atoms with van der Waals surface area (Å²) in [6, 6.07) is 9.05. The fraction of sp³-hybridized carbons (Fsp3) is 0.292. The van der Waals surface area contributed by atoms with Crippen molar-refractivity contribution in [3.63, 3.8) is 0 Å². The highest BCUT2D eigenvalue weighted by molar-refractivity contribution is 5.74. The Hall–Kier alpha value is -4.15. The van der Waals surface area contributed by atoms with Crippen molar-refractivity contribution in [3.05, 3.63) is 80.0 Å². The van der Waals surface area contributed by atoms with Crippen molar-refractivity contribution >= 4 is 17.1 Å². The molecular weight excluding hydrogens is 460 g/mol. The molecule has 2 aromatic heterocycles. The molecule has 4 aromatic rings. The summed E-state index contributed by atoms with van der Waals surface area (Å²) in [5.74, 6) is -0.0121. The van der Waals surface area contributed by atoms with Crippen LogP contribution < -0.4 is 26.0 Å². The van der Waals surface area contributed by atoms with Gasteiger partial charge in [-0.3, -0.25) is 18.5 Å². The summed E-state index contributed by atoms with van der Waals surface area (Å²) >= 11 is 0. The monoisotopic (exact) mass is 485 g/mol. The number of nitrogens with zero attached hydrogens (tertiary/aromatic N) is 4. The minimum absolute atomic E-state index is 0.0582. The Balaban J connectivity index is 1.75. The minimum Gasteiger partial charge on any atom is -0.497 e. The second kappa shape index (κ2) is 9.61. The van der Waals surface area contributed by atoms with Crippen molar-refractivity contribution < 1.29 is 18.3 Å². The van der Waals surface area contributed by atoms with E-state index in [0.29, 0.717) is 24.5 Å². The van der Waals surface area contributed by atoms with Crippen LogP contribution in [-0.2, 0) is 27.1 Å². The van der Waals surface area contributed by atoms with Gasteiger partial charge < -0.3 is 14.8 Å². The first-order valence-corrected chi connectivity index (χ1v) is 10.8. The van der Waals surface area contributed by atoms with Crippen LogP contribution >= 0.6 is 0 Å². The molecule has 184 valence electrons. The predicted octanol–water partition coefficient (Wildman–Crippen LogP) is 2.43. The highest BCUT2D eigenvalue weighted by Crippen LogP contribution is 2.24. The summed E-state index contributed by atoms with van der Waals surface area (Å²) in [6.07, 6.45) is 0.530. The Morgan fingerprint density at radius 3 is 2.20 bits per heavy atom. The zero-order valence-corrected chi connectivity index (χ0v) is 19.8. The second-order valence-corrected chi connectivity index (χ2v) is 8.00. The van der Waals surface area contributed by atoms with Gasteiger partial charge in [-0.2, -0.15) is 4.98 Å². The number of imidazole rings is 1. The molecule has 0 aliphatic rings. The Morgan fingerprint density at radius 2 is 1.60 bits per heavy atom. The van der Waals surface area contributed by atoms with Crippen LogP contribution in [-0.4, -0.2) is 39.4 Å². The van der Waals surface area contributed by atoms with E-state index in [-0.39, 0.29) is 29.2 Å². The molecule has 0 saturated heterocycles. The van der Waals surface area contributed by atoms with Crippen LogP contribution in [0.3, 0.4) is 0 Å². The molecule has 2 heterocycles. The number of fused-ring (bicyclic) bond motifs is 1. The number of nitrogens with one attached hydrogen (secondary N) is 1. The summed E-state index contributed by atoms with van der Waals surface area (Å²) in [4.78, 5) is 29.8. The molecule has 0 aliphatic heterocycles. The normalized spacial score (nSPS) is 11.1. The Bertz CT molecular complexity index is 1480. The van der Waals surface area contributed by atoms with Gasteiger partial charge in [0, 0.05) is 32.3 Å². The smallest absolute Gasteiger partial charge is 0.332 e. The number of benzene rings is 2. The lowest BCUT2D eigenvalue weighted by Crippen LogP contribution is -2.37. The van der Waals surface area contributed by atoms with Crippen LogP contribution in [0.1, 0.15) is 11.1 Å². The molecule has 1 N–H and O–H groups in total. The summed E-state index contributed by atoms with van der Waals surface area (Å²) in [7, 11) is 5.95. The molecule has 0 aliphatic carbocycles. The lowest BCUT2D eigenvalue weighted by molar-refractivity contribution is 0.393. The van der Waals surface area contributed by atoms with E-state index in [1.807, 2.05) is 12.1 Å². The maximum absolute atomic E-state index is 14.5. The predicted molar refractivity (Wildman–Crippen MR) is 127 cm³/mol. The summed E-state index contributed by atoms with van der Waals surface area (Å²) in [5.41, 5.74) is -0.302. The largest absolute Gasteiger partial charge is 0.497 e. The van der Waals surface area contributed by atoms with Gasteiger partial charge in [-0.1, -0.05) is 6.07 Å². The third-order valence-electron chi connectivity index (χ3n) is 5.83. The highest BCUT2D eigenvalue weighted by Gasteiger charge is 2.21. The average molecular weight is 485 g/mol. The maximum Gasteiger partial charge on any atom is 0.332 e. The van der Waals surface area contributed by atoms with Gasteiger partial charge in [-0.05, 0) is 36.2 Å². The molecule has 0 radical (unpaired) electrons. The van der Waals surface area contributed by atoms with Gasteiger partial charge in [-0.25, -0.2) is 13.6 Å². The number of halogens is 2. The van der Waals surface area contributed by atoms with Crippen LogP contribution in [0.5, 0.6) is 11.5 Å². The van der Waals surface area contributed by atoms with E-state index < -0.39 is 22.9 Å². The van der Waals surface area contributed by atoms with E-state index >= 15 is 0 Å². The number of rotatable bonds is 8. The fourth-order valence-corrected chi connectivity index (χ4v) is 3.91. The minimum atomic E-state index is -0.747. The Kier molecular flexibility index (Phi) is 6.59. The van der Waals surface area contributed by atoms with Gasteiger partial charge in [0.15, 0.2) is 11.2 Å². The molecule has 0 unspecified atom stereocenters. The van der Waals surface area contributed by atoms with Gasteiger partial charge >= 0.3 is 5.69 Å². The standard InChI is InChI=1S/C24H25F2N5O4/c1-29-21-20(22(32)30(2)24(29)33)31(13-17-18(25)6-5-7-19(17)26)23(28-21)27-9-8-14-10-15(34-3)12-16(11-14)35-4/h5-7,10-12H,8-9,13H2,1-4H3,(H,27,28). The lowest BCUT2D eigenvalue weighted by atomic mass is 10.1. The summed E-state index contributed by atoms with van der Waals surface area (Å²) < 4.78 is 43.1. The molecule has 35 heavy (non-hydrogen) atoms. The maximum atomic E-state index is 14.5. The number of hydrogen-bond acceptors (Lipinski definition) is 6. The average Bonchev–Trinajstić information content (AvgIpc) is 3.21. The number of aryl methyl sites for hydroxylation is 1. The number of ether oxygens (including phenoxy) is 2. The fourth-order valence-electron chi connectivity index (χ4n) is 3.91. The Morgan fingerprint density at radius 1 is 0.971 bits per heavy atom. The molecule has 0 saturated carbocycles. The first-order valence-electron chi connectivity index (χ1n) is 10.8. The van der Waals surface area contributed by atoms with Crippen molar-refractivity contribution in [3.8, 4) is 11.5 Å². The summed E-state index contributed by atoms with van der Waals surface area (Å²) in [6.45, 7) is 0.0748. The van der Waals surface area contributed by atoms with E-state index in [1.54, 1.807) is 20.3 Å². The molecular formula is C24H25F2N5O4. The van der Waals surface area contributed by atoms with E-state index in [0.717, 1.165) is 22.3 Å². The van der Waals surface area contributed by atoms with Crippen molar-refractivity contribution in [1.29, 1.82) is 0 Å². The first kappa shape index (κ1) is 24.0. The van der Waals surface area contributed by atoms with Crippen molar-refractivity contribution in [2.75, 3.05) is 26.1 Å². The van der Waals surface area contributed by atoms with E-state index in [9.17, 15) is 18.4 Å². The topological polar surface area (TPSA) is 92.3 Å². The molecule has 11 heteroatoms. The van der Waals surface area contributed by atoms with Crippen molar-refractivity contribution in [2.45, 2.75) is 13.0 Å². The zero-order chi connectivity index (χ0) is 25.3. The lowest BCUT2D eigenvalue weighted by Gasteiger charge is -2.13. The zero-order valence-electron chi connectivity index (χ0n) is 19.8. The van der Waals surface area contributed by atoms with E-state index in [1.165, 1.54) is 29.3 Å². The van der Waals surface area contributed by atoms with E-state index in [4.69, 9.17) is 9.47 Å². The van der Waals surface area contributed by atoms with E-state index in [2.05, 4.69) is 10.3 Å². The van der Waals surface area contributed by atoms with Gasteiger partial charge in [0.25, 0.3) is 5.56 Å². The molecule has 0 atom stereocenters. The van der Waals surface area contributed by atoms with Gasteiger partial charge in [0.05, 0.1) is 20.8 Å². The Labute approximate surface area is 199 Å². The molecule has 0 amide bonds. The van der Waals surface area contributed by atoms with Gasteiger partial charge in [0.2, 0.25) is 5.95 Å². The highest BCUT2D eigenvalue weighted by atomic mass is 19.1. The van der Waals surface area contributed by atoms with Crippen molar-refractivity contribution in [2.24, 2.45) is 14.1 Å². The SMILES string of the molecule is COc1cc(CCNc2nc3c(c(=O)n(C)c(=O)n3C)n2Cc2c(F)cccc2F)cc(OC)c1. The molecule has 0 spiro atoms. The van der Waals surface area contributed by atoms with Crippen LogP contribution in [0.4, 0.5) is 14.7 Å². The molecule has 2 aromatic carbocycles.